The molecule has 0 aliphatic heterocycles. The molecule has 3 nitrogen and oxygen atoms in total. The molecule has 7 atom stereocenters. The standard InChI is InChI=1S/C23H36O3/c1-22-12-4-3-6-16(22)14-19(24)21-17-10-9-15(7-5-8-20(25)26)23(17,2)13-11-18(21)22/h15-18,21H,3-14H2,1-2H3,(H,25,26)/t15-,16-,17?,18?,21-,22-,23+/m0/s1. The Balaban J connectivity index is 1.54. The Hall–Kier alpha value is -0.860. The quantitative estimate of drug-likeness (QED) is 0.723. The van der Waals surface area contributed by atoms with E-state index in [0.29, 0.717) is 47.2 Å². The van der Waals surface area contributed by atoms with E-state index in [0.717, 1.165) is 19.3 Å². The number of Topliss-reactive ketones (excluding diaryl/α,β-unsaturated/α-hetero) is 1. The number of carbonyl (C=O) groups is 2. The van der Waals surface area contributed by atoms with Gasteiger partial charge in [0.05, 0.1) is 0 Å². The molecule has 0 aromatic rings. The second-order valence-corrected chi connectivity index (χ2v) is 10.5. The fourth-order valence-corrected chi connectivity index (χ4v) is 8.04. The Kier molecular flexibility index (Phi) is 4.72. The molecule has 0 amide bonds. The molecule has 4 aliphatic carbocycles. The van der Waals surface area contributed by atoms with Gasteiger partial charge in [0.1, 0.15) is 5.78 Å². The van der Waals surface area contributed by atoms with Crippen molar-refractivity contribution in [2.45, 2.75) is 90.9 Å². The fourth-order valence-electron chi connectivity index (χ4n) is 8.04. The van der Waals surface area contributed by atoms with Crippen LogP contribution in [0.5, 0.6) is 0 Å². The third kappa shape index (κ3) is 2.76. The van der Waals surface area contributed by atoms with Gasteiger partial charge in [-0.2, -0.15) is 0 Å². The van der Waals surface area contributed by atoms with Crippen LogP contribution in [0.15, 0.2) is 0 Å². The number of hydrogen-bond donors (Lipinski definition) is 1. The highest BCUT2D eigenvalue weighted by molar-refractivity contribution is 5.83. The first-order valence-electron chi connectivity index (χ1n) is 11.1. The molecule has 4 fully saturated rings. The van der Waals surface area contributed by atoms with Gasteiger partial charge in [-0.1, -0.05) is 26.7 Å². The van der Waals surface area contributed by atoms with Gasteiger partial charge >= 0.3 is 5.97 Å². The van der Waals surface area contributed by atoms with Crippen LogP contribution in [0.4, 0.5) is 0 Å². The molecule has 4 aliphatic rings. The maximum Gasteiger partial charge on any atom is 0.303 e. The number of rotatable bonds is 4. The van der Waals surface area contributed by atoms with E-state index in [2.05, 4.69) is 13.8 Å². The minimum absolute atomic E-state index is 0.271. The average Bonchev–Trinajstić information content (AvgIpc) is 2.92. The van der Waals surface area contributed by atoms with Crippen LogP contribution in [-0.2, 0) is 9.59 Å². The lowest BCUT2D eigenvalue weighted by atomic mass is 9.44. The molecule has 1 N–H and O–H groups in total. The van der Waals surface area contributed by atoms with Crippen molar-refractivity contribution >= 4 is 11.8 Å². The molecule has 0 radical (unpaired) electrons. The molecule has 0 heterocycles. The highest BCUT2D eigenvalue weighted by Gasteiger charge is 2.61. The number of fused-ring (bicyclic) bond motifs is 5. The van der Waals surface area contributed by atoms with Crippen LogP contribution in [0.1, 0.15) is 90.9 Å². The normalized spacial score (nSPS) is 47.8. The molecular formula is C23H36O3. The van der Waals surface area contributed by atoms with Crippen molar-refractivity contribution in [3.63, 3.8) is 0 Å². The van der Waals surface area contributed by atoms with Gasteiger partial charge in [0, 0.05) is 18.8 Å². The van der Waals surface area contributed by atoms with E-state index in [4.69, 9.17) is 5.11 Å². The maximum absolute atomic E-state index is 13.2. The van der Waals surface area contributed by atoms with E-state index in [1.807, 2.05) is 0 Å². The summed E-state index contributed by atoms with van der Waals surface area (Å²) >= 11 is 0. The smallest absolute Gasteiger partial charge is 0.303 e. The van der Waals surface area contributed by atoms with E-state index >= 15 is 0 Å². The van der Waals surface area contributed by atoms with Gasteiger partial charge in [0.25, 0.3) is 0 Å². The van der Waals surface area contributed by atoms with Gasteiger partial charge in [-0.25, -0.2) is 0 Å². The zero-order chi connectivity index (χ0) is 18.5. The van der Waals surface area contributed by atoms with Crippen LogP contribution < -0.4 is 0 Å². The van der Waals surface area contributed by atoms with Crippen molar-refractivity contribution in [1.82, 2.24) is 0 Å². The van der Waals surface area contributed by atoms with Crippen LogP contribution >= 0.6 is 0 Å². The fraction of sp³-hybridized carbons (Fsp3) is 0.913. The van der Waals surface area contributed by atoms with Crippen LogP contribution in [-0.4, -0.2) is 16.9 Å². The molecule has 4 saturated carbocycles. The van der Waals surface area contributed by atoms with E-state index in [1.165, 1.54) is 51.4 Å². The Labute approximate surface area is 158 Å². The number of ketones is 1. The Morgan fingerprint density at radius 2 is 1.81 bits per heavy atom. The summed E-state index contributed by atoms with van der Waals surface area (Å²) in [4.78, 5) is 24.1. The molecule has 4 rings (SSSR count). The topological polar surface area (TPSA) is 54.4 Å². The predicted octanol–water partition coefficient (Wildman–Crippen LogP) is 5.47. The molecule has 2 unspecified atom stereocenters. The minimum atomic E-state index is -0.674. The third-order valence-electron chi connectivity index (χ3n) is 9.53. The zero-order valence-corrected chi connectivity index (χ0v) is 16.6. The van der Waals surface area contributed by atoms with Gasteiger partial charge in [-0.05, 0) is 85.9 Å². The molecule has 26 heavy (non-hydrogen) atoms. The highest BCUT2D eigenvalue weighted by Crippen LogP contribution is 2.67. The van der Waals surface area contributed by atoms with Gasteiger partial charge < -0.3 is 5.11 Å². The number of carboxylic acid groups (broad SMARTS) is 1. The van der Waals surface area contributed by atoms with Crippen molar-refractivity contribution < 1.29 is 14.7 Å². The van der Waals surface area contributed by atoms with Crippen LogP contribution in [0.2, 0.25) is 0 Å². The van der Waals surface area contributed by atoms with Crippen LogP contribution in [0.25, 0.3) is 0 Å². The first-order valence-corrected chi connectivity index (χ1v) is 11.1. The van der Waals surface area contributed by atoms with Gasteiger partial charge in [0.15, 0.2) is 0 Å². The largest absolute Gasteiger partial charge is 0.481 e. The van der Waals surface area contributed by atoms with Crippen molar-refractivity contribution in [3.05, 3.63) is 0 Å². The van der Waals surface area contributed by atoms with Crippen LogP contribution in [0, 0.1) is 40.4 Å². The van der Waals surface area contributed by atoms with Gasteiger partial charge in [0.2, 0.25) is 0 Å². The second kappa shape index (κ2) is 6.63. The summed E-state index contributed by atoms with van der Waals surface area (Å²) in [5.41, 5.74) is 0.673. The number of carbonyl (C=O) groups excluding carboxylic acids is 1. The molecule has 0 bridgehead atoms. The lowest BCUT2D eigenvalue weighted by molar-refractivity contribution is -0.155. The van der Waals surface area contributed by atoms with E-state index in [9.17, 15) is 9.59 Å². The van der Waals surface area contributed by atoms with E-state index < -0.39 is 5.97 Å². The lowest BCUT2D eigenvalue weighted by Gasteiger charge is -2.59. The number of hydrogen-bond acceptors (Lipinski definition) is 2. The lowest BCUT2D eigenvalue weighted by Crippen LogP contribution is -2.56. The highest BCUT2D eigenvalue weighted by atomic mass is 16.4. The Morgan fingerprint density at radius 3 is 2.58 bits per heavy atom. The summed E-state index contributed by atoms with van der Waals surface area (Å²) in [6.07, 6.45) is 13.1. The Morgan fingerprint density at radius 1 is 1.04 bits per heavy atom. The van der Waals surface area contributed by atoms with Crippen LogP contribution in [0.3, 0.4) is 0 Å². The van der Waals surface area contributed by atoms with Gasteiger partial charge in [-0.3, -0.25) is 9.59 Å². The Bertz CT molecular complexity index is 584. The molecule has 0 saturated heterocycles. The summed E-state index contributed by atoms with van der Waals surface area (Å²) in [7, 11) is 0. The van der Waals surface area contributed by atoms with E-state index in [1.54, 1.807) is 0 Å². The van der Waals surface area contributed by atoms with Crippen molar-refractivity contribution in [2.24, 2.45) is 40.4 Å². The zero-order valence-electron chi connectivity index (χ0n) is 16.6. The van der Waals surface area contributed by atoms with Gasteiger partial charge in [-0.15, -0.1) is 0 Å². The SMILES string of the molecule is C[C@]12CCC3[C@@H](C(=O)C[C@@H]4CCCC[C@]34C)C1CC[C@@H]2CCCC(=O)O. The average molecular weight is 361 g/mol. The molecule has 0 aromatic heterocycles. The van der Waals surface area contributed by atoms with Crippen molar-refractivity contribution in [1.29, 1.82) is 0 Å². The summed E-state index contributed by atoms with van der Waals surface area (Å²) in [5.74, 6) is 2.65. The molecule has 0 aromatic carbocycles. The number of aliphatic carboxylic acids is 1. The van der Waals surface area contributed by atoms with Crippen molar-refractivity contribution in [3.8, 4) is 0 Å². The first-order chi connectivity index (χ1) is 12.4. The third-order valence-corrected chi connectivity index (χ3v) is 9.53. The minimum Gasteiger partial charge on any atom is -0.481 e. The first kappa shape index (κ1) is 18.5. The molecule has 3 heteroatoms. The van der Waals surface area contributed by atoms with E-state index in [-0.39, 0.29) is 5.41 Å². The predicted molar refractivity (Wildman–Crippen MR) is 102 cm³/mol. The summed E-state index contributed by atoms with van der Waals surface area (Å²) in [5, 5.41) is 8.97. The van der Waals surface area contributed by atoms with Crippen molar-refractivity contribution in [2.75, 3.05) is 0 Å². The second-order valence-electron chi connectivity index (χ2n) is 10.5. The molecular weight excluding hydrogens is 324 g/mol. The number of carboxylic acids is 1. The summed E-state index contributed by atoms with van der Waals surface area (Å²) < 4.78 is 0. The molecule has 146 valence electrons. The molecule has 0 spiro atoms. The maximum atomic E-state index is 13.2. The summed E-state index contributed by atoms with van der Waals surface area (Å²) in [6.45, 7) is 4.96. The monoisotopic (exact) mass is 360 g/mol. The summed E-state index contributed by atoms with van der Waals surface area (Å²) in [6, 6.07) is 0.